The number of carbonyl (C=O) groups excluding carboxylic acids is 1. The largest absolute Gasteiger partial charge is 0.495 e. The standard InChI is InChI=1S/C19H27ClN2O2/c1-14-5-7-19(12-14)8-10-22(13-19)9-6-18(23)21-16-11-15(20)3-4-17(16)24-2/h3-4,11,14H,5-10,12-13H2,1-2H3,(H,21,23)/t14-,19+/m1/s1. The average molecular weight is 351 g/mol. The molecule has 1 spiro atoms. The van der Waals surface area contributed by atoms with Crippen molar-refractivity contribution in [2.24, 2.45) is 11.3 Å². The lowest BCUT2D eigenvalue weighted by Crippen LogP contribution is -2.28. The Morgan fingerprint density at radius 3 is 3.00 bits per heavy atom. The van der Waals surface area contributed by atoms with Crippen molar-refractivity contribution in [3.63, 3.8) is 0 Å². The zero-order valence-electron chi connectivity index (χ0n) is 14.6. The van der Waals surface area contributed by atoms with Gasteiger partial charge in [0.2, 0.25) is 5.91 Å². The topological polar surface area (TPSA) is 41.6 Å². The van der Waals surface area contributed by atoms with Crippen molar-refractivity contribution < 1.29 is 9.53 Å². The van der Waals surface area contributed by atoms with Gasteiger partial charge in [-0.05, 0) is 55.3 Å². The van der Waals surface area contributed by atoms with E-state index in [2.05, 4.69) is 17.1 Å². The summed E-state index contributed by atoms with van der Waals surface area (Å²) in [4.78, 5) is 14.7. The van der Waals surface area contributed by atoms with E-state index in [1.165, 1.54) is 25.7 Å². The summed E-state index contributed by atoms with van der Waals surface area (Å²) in [6.45, 7) is 5.47. The van der Waals surface area contributed by atoms with E-state index in [0.29, 0.717) is 28.3 Å². The fraction of sp³-hybridized carbons (Fsp3) is 0.632. The molecule has 1 saturated heterocycles. The van der Waals surface area contributed by atoms with Gasteiger partial charge in [-0.2, -0.15) is 0 Å². The first-order valence-electron chi connectivity index (χ1n) is 8.85. The van der Waals surface area contributed by atoms with Gasteiger partial charge in [0.15, 0.2) is 0 Å². The number of nitrogens with zero attached hydrogens (tertiary/aromatic N) is 1. The number of methoxy groups -OCH3 is 1. The van der Waals surface area contributed by atoms with Gasteiger partial charge in [-0.25, -0.2) is 0 Å². The van der Waals surface area contributed by atoms with E-state index in [-0.39, 0.29) is 5.91 Å². The van der Waals surface area contributed by atoms with Crippen LogP contribution in [0.5, 0.6) is 5.75 Å². The Bertz CT molecular complexity index is 607. The van der Waals surface area contributed by atoms with E-state index in [0.717, 1.165) is 25.6 Å². The Morgan fingerprint density at radius 2 is 2.29 bits per heavy atom. The highest BCUT2D eigenvalue weighted by Gasteiger charge is 2.42. The van der Waals surface area contributed by atoms with Crippen molar-refractivity contribution in [2.45, 2.75) is 39.0 Å². The predicted octanol–water partition coefficient (Wildman–Crippen LogP) is 4.19. The molecule has 0 bridgehead atoms. The van der Waals surface area contributed by atoms with Crippen LogP contribution in [0.2, 0.25) is 5.02 Å². The number of rotatable bonds is 5. The molecule has 4 nitrogen and oxygen atoms in total. The molecule has 1 aromatic carbocycles. The fourth-order valence-electron chi connectivity index (χ4n) is 4.34. The van der Waals surface area contributed by atoms with E-state index < -0.39 is 0 Å². The van der Waals surface area contributed by atoms with Crippen LogP contribution in [0.15, 0.2) is 18.2 Å². The number of benzene rings is 1. The predicted molar refractivity (Wildman–Crippen MR) is 97.8 cm³/mol. The normalized spacial score (nSPS) is 26.9. The van der Waals surface area contributed by atoms with Crippen LogP contribution in [0, 0.1) is 11.3 Å². The summed E-state index contributed by atoms with van der Waals surface area (Å²) in [5.41, 5.74) is 1.17. The quantitative estimate of drug-likeness (QED) is 0.865. The molecular formula is C19H27ClN2O2. The van der Waals surface area contributed by atoms with Gasteiger partial charge in [-0.15, -0.1) is 0 Å². The third-order valence-corrected chi connectivity index (χ3v) is 5.79. The number of hydrogen-bond acceptors (Lipinski definition) is 3. The molecule has 2 aliphatic rings. The molecule has 132 valence electrons. The maximum Gasteiger partial charge on any atom is 0.225 e. The van der Waals surface area contributed by atoms with E-state index >= 15 is 0 Å². The number of ether oxygens (including phenoxy) is 1. The Hall–Kier alpha value is -1.26. The Morgan fingerprint density at radius 1 is 1.46 bits per heavy atom. The second-order valence-electron chi connectivity index (χ2n) is 7.52. The highest BCUT2D eigenvalue weighted by Crippen LogP contribution is 2.47. The van der Waals surface area contributed by atoms with Crippen LogP contribution in [0.1, 0.15) is 39.0 Å². The number of likely N-dealkylation sites (tertiary alicyclic amines) is 1. The minimum Gasteiger partial charge on any atom is -0.495 e. The van der Waals surface area contributed by atoms with Gasteiger partial charge in [0, 0.05) is 24.5 Å². The number of anilines is 1. The molecule has 2 atom stereocenters. The van der Waals surface area contributed by atoms with E-state index in [9.17, 15) is 4.79 Å². The summed E-state index contributed by atoms with van der Waals surface area (Å²) >= 11 is 6.00. The van der Waals surface area contributed by atoms with Crippen LogP contribution >= 0.6 is 11.6 Å². The van der Waals surface area contributed by atoms with Crippen LogP contribution < -0.4 is 10.1 Å². The van der Waals surface area contributed by atoms with Crippen molar-refractivity contribution in [3.05, 3.63) is 23.2 Å². The summed E-state index contributed by atoms with van der Waals surface area (Å²) < 4.78 is 5.27. The Balaban J connectivity index is 1.49. The zero-order chi connectivity index (χ0) is 17.2. The number of halogens is 1. The van der Waals surface area contributed by atoms with Crippen molar-refractivity contribution in [3.8, 4) is 5.75 Å². The first-order chi connectivity index (χ1) is 11.5. The van der Waals surface area contributed by atoms with Crippen molar-refractivity contribution in [1.82, 2.24) is 4.90 Å². The molecule has 1 N–H and O–H groups in total. The molecule has 1 aliphatic carbocycles. The minimum absolute atomic E-state index is 0.0105. The van der Waals surface area contributed by atoms with Gasteiger partial charge in [-0.3, -0.25) is 4.79 Å². The van der Waals surface area contributed by atoms with E-state index in [1.54, 1.807) is 25.3 Å². The SMILES string of the molecule is COc1ccc(Cl)cc1NC(=O)CCN1CC[C@]2(CC[C@@H](C)C2)C1. The molecule has 1 aliphatic heterocycles. The van der Waals surface area contributed by atoms with Crippen LogP contribution in [-0.2, 0) is 4.79 Å². The Labute approximate surface area is 149 Å². The molecule has 0 unspecified atom stereocenters. The molecule has 5 heteroatoms. The number of hydrogen-bond donors (Lipinski definition) is 1. The summed E-state index contributed by atoms with van der Waals surface area (Å²) in [6.07, 6.45) is 5.87. The second-order valence-corrected chi connectivity index (χ2v) is 7.95. The lowest BCUT2D eigenvalue weighted by Gasteiger charge is -2.24. The molecule has 1 heterocycles. The van der Waals surface area contributed by atoms with E-state index in [4.69, 9.17) is 16.3 Å². The van der Waals surface area contributed by atoms with Crippen LogP contribution in [0.3, 0.4) is 0 Å². The van der Waals surface area contributed by atoms with Crippen LogP contribution in [-0.4, -0.2) is 37.6 Å². The molecule has 0 radical (unpaired) electrons. The average Bonchev–Trinajstić information content (AvgIpc) is 3.12. The fourth-order valence-corrected chi connectivity index (χ4v) is 4.51. The van der Waals surface area contributed by atoms with Crippen LogP contribution in [0.4, 0.5) is 5.69 Å². The molecule has 24 heavy (non-hydrogen) atoms. The maximum atomic E-state index is 12.3. The number of nitrogens with one attached hydrogen (secondary N) is 1. The third-order valence-electron chi connectivity index (χ3n) is 5.56. The summed E-state index contributed by atoms with van der Waals surface area (Å²) in [5, 5.41) is 3.51. The number of amides is 1. The molecule has 3 rings (SSSR count). The van der Waals surface area contributed by atoms with Crippen LogP contribution in [0.25, 0.3) is 0 Å². The van der Waals surface area contributed by atoms with Crippen molar-refractivity contribution in [1.29, 1.82) is 0 Å². The lowest BCUT2D eigenvalue weighted by molar-refractivity contribution is -0.116. The van der Waals surface area contributed by atoms with Gasteiger partial charge < -0.3 is 15.0 Å². The first-order valence-corrected chi connectivity index (χ1v) is 9.23. The molecule has 0 aromatic heterocycles. The van der Waals surface area contributed by atoms with Gasteiger partial charge in [0.25, 0.3) is 0 Å². The highest BCUT2D eigenvalue weighted by molar-refractivity contribution is 6.31. The number of carbonyl (C=O) groups is 1. The van der Waals surface area contributed by atoms with Gasteiger partial charge in [0.1, 0.15) is 5.75 Å². The lowest BCUT2D eigenvalue weighted by atomic mass is 9.85. The first kappa shape index (κ1) is 17.6. The Kier molecular flexibility index (Phi) is 5.36. The van der Waals surface area contributed by atoms with Gasteiger partial charge in [-0.1, -0.05) is 24.9 Å². The summed E-state index contributed by atoms with van der Waals surface area (Å²) in [6, 6.07) is 5.24. The molecule has 1 amide bonds. The molecule has 1 aromatic rings. The highest BCUT2D eigenvalue weighted by atomic mass is 35.5. The van der Waals surface area contributed by atoms with Crippen molar-refractivity contribution in [2.75, 3.05) is 32.1 Å². The maximum absolute atomic E-state index is 12.3. The summed E-state index contributed by atoms with van der Waals surface area (Å²) in [5.74, 6) is 1.51. The van der Waals surface area contributed by atoms with Gasteiger partial charge in [0.05, 0.1) is 12.8 Å². The zero-order valence-corrected chi connectivity index (χ0v) is 15.4. The van der Waals surface area contributed by atoms with Crippen molar-refractivity contribution >= 4 is 23.2 Å². The minimum atomic E-state index is 0.0105. The third kappa shape index (κ3) is 4.04. The second kappa shape index (κ2) is 7.32. The molecule has 2 fully saturated rings. The smallest absolute Gasteiger partial charge is 0.225 e. The van der Waals surface area contributed by atoms with Gasteiger partial charge >= 0.3 is 0 Å². The monoisotopic (exact) mass is 350 g/mol. The summed E-state index contributed by atoms with van der Waals surface area (Å²) in [7, 11) is 1.59. The molecular weight excluding hydrogens is 324 g/mol. The molecule has 1 saturated carbocycles. The van der Waals surface area contributed by atoms with E-state index in [1.807, 2.05) is 0 Å².